The van der Waals surface area contributed by atoms with Gasteiger partial charge in [-0.15, -0.1) is 0 Å². The van der Waals surface area contributed by atoms with Crippen molar-refractivity contribution in [1.82, 2.24) is 0 Å². The monoisotopic (exact) mass is 187 g/mol. The number of aryl methyl sites for hydroxylation is 1. The number of hydrogen-bond donors (Lipinski definition) is 1. The predicted molar refractivity (Wildman–Crippen MR) is 61.2 cm³/mol. The highest BCUT2D eigenvalue weighted by atomic mass is 14.6. The molecule has 0 amide bonds. The number of hydrogen-bond acceptors (Lipinski definition) is 1. The Hall–Kier alpha value is -1.08. The van der Waals surface area contributed by atoms with Crippen LogP contribution in [0.2, 0.25) is 0 Å². The van der Waals surface area contributed by atoms with Crippen molar-refractivity contribution in [3.8, 4) is 0 Å². The zero-order valence-corrected chi connectivity index (χ0v) is 8.66. The first-order chi connectivity index (χ1) is 6.77. The summed E-state index contributed by atoms with van der Waals surface area (Å²) in [5.74, 6) is 0. The summed E-state index contributed by atoms with van der Waals surface area (Å²) in [5, 5.41) is 0. The van der Waals surface area contributed by atoms with E-state index in [-0.39, 0.29) is 6.04 Å². The Bertz CT molecular complexity index is 350. The summed E-state index contributed by atoms with van der Waals surface area (Å²) >= 11 is 0. The second kappa shape index (κ2) is 3.97. The smallest absolute Gasteiger partial charge is 0.0198 e. The van der Waals surface area contributed by atoms with E-state index in [1.165, 1.54) is 36.0 Å². The van der Waals surface area contributed by atoms with Gasteiger partial charge in [0.25, 0.3) is 0 Å². The van der Waals surface area contributed by atoms with Crippen LogP contribution in [0.4, 0.5) is 0 Å². The predicted octanol–water partition coefficient (Wildman–Crippen LogP) is 2.54. The molecule has 74 valence electrons. The Labute approximate surface area is 85.6 Å². The molecule has 0 radical (unpaired) electrons. The molecule has 1 aliphatic rings. The molecule has 1 aromatic rings. The van der Waals surface area contributed by atoms with E-state index in [0.29, 0.717) is 0 Å². The topological polar surface area (TPSA) is 26.0 Å². The zero-order valence-electron chi connectivity index (χ0n) is 8.66. The molecule has 1 aromatic carbocycles. The lowest BCUT2D eigenvalue weighted by Gasteiger charge is -2.04. The lowest BCUT2D eigenvalue weighted by Crippen LogP contribution is -2.10. The van der Waals surface area contributed by atoms with Gasteiger partial charge in [0, 0.05) is 6.04 Å². The van der Waals surface area contributed by atoms with E-state index < -0.39 is 0 Å². The highest BCUT2D eigenvalue weighted by molar-refractivity contribution is 5.57. The van der Waals surface area contributed by atoms with E-state index >= 15 is 0 Å². The molecule has 1 aliphatic carbocycles. The Morgan fingerprint density at radius 3 is 3.00 bits per heavy atom. The second-order valence-electron chi connectivity index (χ2n) is 4.06. The second-order valence-corrected chi connectivity index (χ2v) is 4.06. The number of rotatable bonds is 2. The van der Waals surface area contributed by atoms with Gasteiger partial charge in [-0.25, -0.2) is 0 Å². The average molecular weight is 187 g/mol. The van der Waals surface area contributed by atoms with Crippen molar-refractivity contribution in [3.63, 3.8) is 0 Å². The van der Waals surface area contributed by atoms with Crippen LogP contribution in [0.1, 0.15) is 30.0 Å². The Balaban J connectivity index is 2.30. The molecule has 14 heavy (non-hydrogen) atoms. The Morgan fingerprint density at radius 1 is 1.36 bits per heavy atom. The van der Waals surface area contributed by atoms with Crippen LogP contribution >= 0.6 is 0 Å². The molecule has 0 saturated carbocycles. The largest absolute Gasteiger partial charge is 0.325 e. The molecule has 0 aromatic heterocycles. The first-order valence-corrected chi connectivity index (χ1v) is 5.32. The van der Waals surface area contributed by atoms with Gasteiger partial charge in [-0.2, -0.15) is 0 Å². The summed E-state index contributed by atoms with van der Waals surface area (Å²) in [4.78, 5) is 0. The maximum Gasteiger partial charge on any atom is 0.0198 e. The van der Waals surface area contributed by atoms with Gasteiger partial charge in [0.15, 0.2) is 0 Å². The lowest BCUT2D eigenvalue weighted by atomic mass is 10.0. The molecule has 0 saturated heterocycles. The van der Waals surface area contributed by atoms with E-state index in [1.54, 1.807) is 0 Å². The molecule has 2 N–H and O–H groups in total. The minimum Gasteiger partial charge on any atom is -0.325 e. The van der Waals surface area contributed by atoms with Crippen LogP contribution in [0, 0.1) is 0 Å². The number of fused-ring (bicyclic) bond motifs is 1. The van der Waals surface area contributed by atoms with Gasteiger partial charge in [-0.1, -0.05) is 30.4 Å². The first kappa shape index (κ1) is 9.47. The van der Waals surface area contributed by atoms with Crippen LogP contribution in [0.5, 0.6) is 0 Å². The summed E-state index contributed by atoms with van der Waals surface area (Å²) in [5.41, 5.74) is 10.1. The van der Waals surface area contributed by atoms with Gasteiger partial charge in [-0.05, 0) is 42.9 Å². The molecule has 0 aliphatic heterocycles. The fourth-order valence-corrected chi connectivity index (χ4v) is 2.06. The fraction of sp³-hybridized carbons (Fsp3) is 0.385. The first-order valence-electron chi connectivity index (χ1n) is 5.32. The van der Waals surface area contributed by atoms with Crippen LogP contribution in [0.25, 0.3) is 6.08 Å². The van der Waals surface area contributed by atoms with Gasteiger partial charge in [-0.3, -0.25) is 0 Å². The fourth-order valence-electron chi connectivity index (χ4n) is 2.06. The quantitative estimate of drug-likeness (QED) is 0.756. The lowest BCUT2D eigenvalue weighted by molar-refractivity contribution is 0.910. The molecule has 0 heterocycles. The van der Waals surface area contributed by atoms with Crippen molar-refractivity contribution in [1.29, 1.82) is 0 Å². The zero-order chi connectivity index (χ0) is 9.97. The molecule has 1 atom stereocenters. The van der Waals surface area contributed by atoms with Gasteiger partial charge in [0.05, 0.1) is 0 Å². The molecule has 0 bridgehead atoms. The van der Waals surface area contributed by atoms with Crippen LogP contribution in [0.15, 0.2) is 24.3 Å². The SMILES string of the molecule is CC(N)/C=C/c1cccc2c1CCC2. The summed E-state index contributed by atoms with van der Waals surface area (Å²) < 4.78 is 0. The maximum atomic E-state index is 5.70. The summed E-state index contributed by atoms with van der Waals surface area (Å²) in [7, 11) is 0. The molecular formula is C13H17N. The van der Waals surface area contributed by atoms with Crippen molar-refractivity contribution >= 4 is 6.08 Å². The normalized spacial score (nSPS) is 17.3. The number of nitrogens with two attached hydrogens (primary N) is 1. The molecule has 0 fully saturated rings. The van der Waals surface area contributed by atoms with E-state index in [4.69, 9.17) is 5.73 Å². The summed E-state index contributed by atoms with van der Waals surface area (Å²) in [6.45, 7) is 2.00. The van der Waals surface area contributed by atoms with Crippen LogP contribution in [-0.4, -0.2) is 6.04 Å². The number of benzene rings is 1. The minimum absolute atomic E-state index is 0.146. The van der Waals surface area contributed by atoms with E-state index in [0.717, 1.165) is 0 Å². The van der Waals surface area contributed by atoms with Gasteiger partial charge < -0.3 is 5.73 Å². The van der Waals surface area contributed by atoms with E-state index in [9.17, 15) is 0 Å². The summed E-state index contributed by atoms with van der Waals surface area (Å²) in [6, 6.07) is 6.71. The van der Waals surface area contributed by atoms with Crippen molar-refractivity contribution in [3.05, 3.63) is 41.0 Å². The van der Waals surface area contributed by atoms with Crippen molar-refractivity contribution in [2.24, 2.45) is 5.73 Å². The average Bonchev–Trinajstić information content (AvgIpc) is 2.62. The maximum absolute atomic E-state index is 5.70. The Morgan fingerprint density at radius 2 is 2.21 bits per heavy atom. The third-order valence-corrected chi connectivity index (χ3v) is 2.76. The standard InChI is InChI=1S/C13H17N/c1-10(14)8-9-12-5-2-4-11-6-3-7-13(11)12/h2,4-5,8-10H,3,6-7,14H2,1H3/b9-8+. The molecule has 0 spiro atoms. The third-order valence-electron chi connectivity index (χ3n) is 2.76. The molecular weight excluding hydrogens is 170 g/mol. The molecule has 1 heteroatoms. The third kappa shape index (κ3) is 1.88. The van der Waals surface area contributed by atoms with Crippen molar-refractivity contribution in [2.45, 2.75) is 32.2 Å². The van der Waals surface area contributed by atoms with Gasteiger partial charge >= 0.3 is 0 Å². The highest BCUT2D eigenvalue weighted by Gasteiger charge is 2.12. The van der Waals surface area contributed by atoms with Gasteiger partial charge in [0.1, 0.15) is 0 Å². The van der Waals surface area contributed by atoms with Crippen LogP contribution in [-0.2, 0) is 12.8 Å². The molecule has 2 rings (SSSR count). The van der Waals surface area contributed by atoms with Crippen molar-refractivity contribution in [2.75, 3.05) is 0 Å². The highest BCUT2D eigenvalue weighted by Crippen LogP contribution is 2.25. The van der Waals surface area contributed by atoms with Crippen LogP contribution in [0.3, 0.4) is 0 Å². The molecule has 1 unspecified atom stereocenters. The minimum atomic E-state index is 0.146. The van der Waals surface area contributed by atoms with Crippen LogP contribution < -0.4 is 5.73 Å². The molecule has 1 nitrogen and oxygen atoms in total. The Kier molecular flexibility index (Phi) is 2.69. The van der Waals surface area contributed by atoms with E-state index in [1.807, 2.05) is 6.92 Å². The van der Waals surface area contributed by atoms with Gasteiger partial charge in [0.2, 0.25) is 0 Å². The van der Waals surface area contributed by atoms with Crippen molar-refractivity contribution < 1.29 is 0 Å². The summed E-state index contributed by atoms with van der Waals surface area (Å²) in [6.07, 6.45) is 8.01. The van der Waals surface area contributed by atoms with E-state index in [2.05, 4.69) is 30.4 Å².